The molecular formula is C26H35ClN6O2. The maximum atomic E-state index is 12.8. The summed E-state index contributed by atoms with van der Waals surface area (Å²) in [4.78, 5) is 33.4. The number of fused-ring (bicyclic) bond motifs is 1. The van der Waals surface area contributed by atoms with E-state index in [9.17, 15) is 9.59 Å². The zero-order valence-electron chi connectivity index (χ0n) is 20.9. The lowest BCUT2D eigenvalue weighted by Crippen LogP contribution is -2.48. The van der Waals surface area contributed by atoms with Crippen LogP contribution in [0.2, 0.25) is 5.02 Å². The number of benzene rings is 1. The van der Waals surface area contributed by atoms with E-state index in [-0.39, 0.29) is 11.9 Å². The predicted molar refractivity (Wildman–Crippen MR) is 137 cm³/mol. The van der Waals surface area contributed by atoms with Crippen LogP contribution in [0.1, 0.15) is 37.8 Å². The van der Waals surface area contributed by atoms with Gasteiger partial charge in [0.25, 0.3) is 0 Å². The molecule has 188 valence electrons. The molecular weight excluding hydrogens is 464 g/mol. The van der Waals surface area contributed by atoms with Gasteiger partial charge >= 0.3 is 6.03 Å². The SMILES string of the molecule is CC(=O)N1CCN(c2cc(C(C)C)ccc2CN2CC3CN(C(=O)n4cc(Cl)cn4)CC3C2)CC1. The molecule has 9 heteroatoms. The van der Waals surface area contributed by atoms with Crippen molar-refractivity contribution >= 4 is 29.2 Å². The Bertz CT molecular complexity index is 1080. The molecule has 0 N–H and O–H groups in total. The van der Waals surface area contributed by atoms with E-state index in [0.29, 0.717) is 22.8 Å². The molecule has 2 unspecified atom stereocenters. The first-order valence-corrected chi connectivity index (χ1v) is 13.0. The molecule has 0 bridgehead atoms. The molecule has 1 aromatic heterocycles. The zero-order chi connectivity index (χ0) is 24.7. The van der Waals surface area contributed by atoms with Crippen LogP contribution >= 0.6 is 11.6 Å². The monoisotopic (exact) mass is 498 g/mol. The van der Waals surface area contributed by atoms with Gasteiger partial charge in [0.05, 0.1) is 17.4 Å². The van der Waals surface area contributed by atoms with Gasteiger partial charge in [-0.15, -0.1) is 0 Å². The number of rotatable bonds is 4. The molecule has 3 saturated heterocycles. The van der Waals surface area contributed by atoms with Crippen molar-refractivity contribution in [3.05, 3.63) is 46.7 Å². The molecule has 0 saturated carbocycles. The van der Waals surface area contributed by atoms with Crippen molar-refractivity contribution in [3.8, 4) is 0 Å². The molecule has 3 aliphatic rings. The van der Waals surface area contributed by atoms with E-state index in [1.807, 2.05) is 9.80 Å². The van der Waals surface area contributed by atoms with E-state index in [1.54, 1.807) is 13.1 Å². The fourth-order valence-corrected chi connectivity index (χ4v) is 5.93. The third-order valence-corrected chi connectivity index (χ3v) is 8.01. The van der Waals surface area contributed by atoms with Crippen molar-refractivity contribution in [2.75, 3.05) is 57.3 Å². The van der Waals surface area contributed by atoms with Gasteiger partial charge < -0.3 is 14.7 Å². The third-order valence-electron chi connectivity index (χ3n) is 7.82. The van der Waals surface area contributed by atoms with Gasteiger partial charge in [0, 0.05) is 71.5 Å². The molecule has 1 aromatic carbocycles. The highest BCUT2D eigenvalue weighted by Crippen LogP contribution is 2.34. The van der Waals surface area contributed by atoms with Crippen molar-refractivity contribution in [1.82, 2.24) is 24.5 Å². The Morgan fingerprint density at radius 2 is 1.71 bits per heavy atom. The molecule has 2 amide bonds. The number of piperazine rings is 1. The molecule has 8 nitrogen and oxygen atoms in total. The Morgan fingerprint density at radius 3 is 2.29 bits per heavy atom. The highest BCUT2D eigenvalue weighted by atomic mass is 35.5. The molecule has 3 fully saturated rings. The number of carbonyl (C=O) groups excluding carboxylic acids is 2. The molecule has 35 heavy (non-hydrogen) atoms. The average molecular weight is 499 g/mol. The molecule has 2 atom stereocenters. The fourth-order valence-electron chi connectivity index (χ4n) is 5.80. The Labute approximate surface area is 212 Å². The zero-order valence-corrected chi connectivity index (χ0v) is 21.6. The van der Waals surface area contributed by atoms with Crippen LogP contribution in [0.15, 0.2) is 30.6 Å². The summed E-state index contributed by atoms with van der Waals surface area (Å²) in [5.41, 5.74) is 4.01. The van der Waals surface area contributed by atoms with E-state index in [4.69, 9.17) is 11.6 Å². The first-order chi connectivity index (χ1) is 16.8. The van der Waals surface area contributed by atoms with Gasteiger partial charge in [-0.3, -0.25) is 9.69 Å². The van der Waals surface area contributed by atoms with Crippen LogP contribution in [0, 0.1) is 11.8 Å². The third kappa shape index (κ3) is 5.05. The topological polar surface area (TPSA) is 64.9 Å². The largest absolute Gasteiger partial charge is 0.368 e. The summed E-state index contributed by atoms with van der Waals surface area (Å²) in [6.07, 6.45) is 3.07. The van der Waals surface area contributed by atoms with Crippen LogP contribution in [0.4, 0.5) is 10.5 Å². The summed E-state index contributed by atoms with van der Waals surface area (Å²) in [5, 5.41) is 4.55. The van der Waals surface area contributed by atoms with Gasteiger partial charge in [-0.1, -0.05) is 37.6 Å². The standard InChI is InChI=1S/C26H35ClN6O2/c1-18(2)20-4-5-21(25(10-20)31-8-6-30(7-9-31)19(3)34)12-29-13-22-15-32(16-23(22)14-29)26(35)33-17-24(27)11-28-33/h4-5,10-11,17-18,22-23H,6-9,12-16H2,1-3H3. The molecule has 3 aliphatic heterocycles. The van der Waals surface area contributed by atoms with Crippen molar-refractivity contribution in [1.29, 1.82) is 0 Å². The van der Waals surface area contributed by atoms with Crippen LogP contribution < -0.4 is 4.90 Å². The van der Waals surface area contributed by atoms with E-state index in [2.05, 4.69) is 46.9 Å². The normalized spacial score (nSPS) is 22.8. The number of hydrogen-bond acceptors (Lipinski definition) is 5. The predicted octanol–water partition coefficient (Wildman–Crippen LogP) is 3.36. The number of nitrogens with zero attached hydrogens (tertiary/aromatic N) is 6. The lowest BCUT2D eigenvalue weighted by atomic mass is 9.99. The summed E-state index contributed by atoms with van der Waals surface area (Å²) in [6.45, 7) is 13.9. The summed E-state index contributed by atoms with van der Waals surface area (Å²) >= 11 is 5.94. The summed E-state index contributed by atoms with van der Waals surface area (Å²) < 4.78 is 1.34. The average Bonchev–Trinajstić information content (AvgIpc) is 3.54. The highest BCUT2D eigenvalue weighted by molar-refractivity contribution is 6.30. The maximum Gasteiger partial charge on any atom is 0.344 e. The van der Waals surface area contributed by atoms with Crippen molar-refractivity contribution in [3.63, 3.8) is 0 Å². The number of aromatic nitrogens is 2. The van der Waals surface area contributed by atoms with E-state index in [1.165, 1.54) is 27.7 Å². The fraction of sp³-hybridized carbons (Fsp3) is 0.577. The number of amides is 2. The molecule has 0 spiro atoms. The van der Waals surface area contributed by atoms with Crippen LogP contribution in [0.3, 0.4) is 0 Å². The smallest absolute Gasteiger partial charge is 0.344 e. The van der Waals surface area contributed by atoms with Crippen molar-refractivity contribution in [2.24, 2.45) is 11.8 Å². The van der Waals surface area contributed by atoms with Crippen LogP contribution in [0.5, 0.6) is 0 Å². The summed E-state index contributed by atoms with van der Waals surface area (Å²) in [6, 6.07) is 6.83. The van der Waals surface area contributed by atoms with Gasteiger partial charge in [-0.05, 0) is 34.9 Å². The van der Waals surface area contributed by atoms with Crippen molar-refractivity contribution < 1.29 is 9.59 Å². The molecule has 2 aromatic rings. The van der Waals surface area contributed by atoms with Gasteiger partial charge in [-0.25, -0.2) is 4.79 Å². The van der Waals surface area contributed by atoms with Crippen LogP contribution in [-0.2, 0) is 11.3 Å². The minimum Gasteiger partial charge on any atom is -0.368 e. The van der Waals surface area contributed by atoms with Gasteiger partial charge in [0.1, 0.15) is 0 Å². The number of hydrogen-bond donors (Lipinski definition) is 0. The Hall–Kier alpha value is -2.58. The second kappa shape index (κ2) is 9.82. The molecule has 0 radical (unpaired) electrons. The van der Waals surface area contributed by atoms with Gasteiger partial charge in [0.2, 0.25) is 5.91 Å². The molecule has 5 rings (SSSR count). The van der Waals surface area contributed by atoms with Crippen molar-refractivity contribution in [2.45, 2.75) is 33.2 Å². The van der Waals surface area contributed by atoms with Crippen LogP contribution in [0.25, 0.3) is 0 Å². The summed E-state index contributed by atoms with van der Waals surface area (Å²) in [5.74, 6) is 1.61. The lowest BCUT2D eigenvalue weighted by molar-refractivity contribution is -0.129. The summed E-state index contributed by atoms with van der Waals surface area (Å²) in [7, 11) is 0. The van der Waals surface area contributed by atoms with Crippen LogP contribution in [-0.4, -0.2) is 88.8 Å². The van der Waals surface area contributed by atoms with E-state index < -0.39 is 0 Å². The Morgan fingerprint density at radius 1 is 1.03 bits per heavy atom. The van der Waals surface area contributed by atoms with E-state index >= 15 is 0 Å². The Balaban J connectivity index is 1.25. The lowest BCUT2D eigenvalue weighted by Gasteiger charge is -2.37. The maximum absolute atomic E-state index is 12.8. The van der Waals surface area contributed by atoms with Gasteiger partial charge in [0.15, 0.2) is 0 Å². The van der Waals surface area contributed by atoms with E-state index in [0.717, 1.165) is 58.9 Å². The van der Waals surface area contributed by atoms with Gasteiger partial charge in [-0.2, -0.15) is 9.78 Å². The highest BCUT2D eigenvalue weighted by Gasteiger charge is 2.42. The second-order valence-corrected chi connectivity index (χ2v) is 11.0. The second-order valence-electron chi connectivity index (χ2n) is 10.5. The number of anilines is 1. The number of carbonyl (C=O) groups is 2. The first-order valence-electron chi connectivity index (χ1n) is 12.6. The quantitative estimate of drug-likeness (QED) is 0.646. The minimum atomic E-state index is -0.0888. The Kier molecular flexibility index (Phi) is 6.77. The first kappa shape index (κ1) is 24.1. The number of halogens is 1. The number of likely N-dealkylation sites (tertiary alicyclic amines) is 2. The molecule has 4 heterocycles. The minimum absolute atomic E-state index is 0.0888. The molecule has 0 aliphatic carbocycles.